The molecule has 24 heavy (non-hydrogen) atoms. The van der Waals surface area contributed by atoms with E-state index in [-0.39, 0.29) is 0 Å². The molecule has 4 fully saturated rings. The molecule has 0 spiro atoms. The van der Waals surface area contributed by atoms with Gasteiger partial charge in [0, 0.05) is 25.2 Å². The number of thioether (sulfide) groups is 1. The van der Waals surface area contributed by atoms with Gasteiger partial charge < -0.3 is 4.90 Å². The molecule has 3 nitrogen and oxygen atoms in total. The molecule has 1 N–H and O–H groups in total. The number of hydrogen-bond donors (Lipinski definition) is 1. The lowest BCUT2D eigenvalue weighted by Crippen LogP contribution is -2.49. The molecule has 128 valence electrons. The number of rotatable bonds is 3. The molecule has 4 aliphatic carbocycles. The summed E-state index contributed by atoms with van der Waals surface area (Å²) < 4.78 is 0. The van der Waals surface area contributed by atoms with Gasteiger partial charge >= 0.3 is 0 Å². The number of nitrogens with one attached hydrogen (secondary N) is 1. The smallest absolute Gasteiger partial charge is 0.120 e. The zero-order valence-corrected chi connectivity index (χ0v) is 15.5. The first-order chi connectivity index (χ1) is 11.6. The average molecular weight is 342 g/mol. The maximum atomic E-state index is 4.86. The van der Waals surface area contributed by atoms with Crippen LogP contribution in [-0.4, -0.2) is 19.1 Å². The summed E-state index contributed by atoms with van der Waals surface area (Å²) in [5, 5.41) is 6.58. The minimum absolute atomic E-state index is 0.296. The first kappa shape index (κ1) is 15.1. The third-order valence-corrected chi connectivity index (χ3v) is 8.08. The summed E-state index contributed by atoms with van der Waals surface area (Å²) in [6.07, 6.45) is 8.70. The number of benzene rings is 1. The Morgan fingerprint density at radius 1 is 1.00 bits per heavy atom. The quantitative estimate of drug-likeness (QED) is 0.869. The van der Waals surface area contributed by atoms with Crippen LogP contribution in [0.1, 0.15) is 49.5 Å². The van der Waals surface area contributed by atoms with E-state index in [9.17, 15) is 0 Å². The van der Waals surface area contributed by atoms with E-state index in [4.69, 9.17) is 5.10 Å². The molecular formula is C20H27N3S. The van der Waals surface area contributed by atoms with Crippen molar-refractivity contribution in [3.63, 3.8) is 0 Å². The van der Waals surface area contributed by atoms with E-state index >= 15 is 0 Å². The molecule has 0 amide bonds. The highest BCUT2D eigenvalue weighted by Crippen LogP contribution is 2.62. The molecule has 1 unspecified atom stereocenters. The molecule has 0 aromatic heterocycles. The molecule has 4 heteroatoms. The van der Waals surface area contributed by atoms with Gasteiger partial charge in [0.15, 0.2) is 0 Å². The van der Waals surface area contributed by atoms with Crippen LogP contribution >= 0.6 is 11.8 Å². The zero-order valence-electron chi connectivity index (χ0n) is 14.7. The molecule has 4 bridgehead atoms. The lowest BCUT2D eigenvalue weighted by molar-refractivity contribution is -0.0106. The van der Waals surface area contributed by atoms with E-state index in [1.54, 1.807) is 0 Å². The standard InChI is InChI=1S/C20H27N3S/c1-23(2)17-5-3-16(4-6-17)18-21-22-19(24-18)20-10-13-7-14(11-20)9-15(8-13)12-20/h3-6,13-15,18,21H,7-12H2,1-2H3. The van der Waals surface area contributed by atoms with Crippen molar-refractivity contribution in [1.29, 1.82) is 0 Å². The monoisotopic (exact) mass is 341 g/mol. The van der Waals surface area contributed by atoms with Gasteiger partial charge in [-0.1, -0.05) is 23.9 Å². The van der Waals surface area contributed by atoms with Crippen LogP contribution in [0.2, 0.25) is 0 Å². The van der Waals surface area contributed by atoms with Gasteiger partial charge in [0.25, 0.3) is 0 Å². The maximum absolute atomic E-state index is 4.86. The number of anilines is 1. The van der Waals surface area contributed by atoms with Crippen LogP contribution < -0.4 is 10.3 Å². The summed E-state index contributed by atoms with van der Waals surface area (Å²) in [7, 11) is 4.18. The second kappa shape index (κ2) is 5.42. The van der Waals surface area contributed by atoms with Gasteiger partial charge in [0.2, 0.25) is 0 Å². The Morgan fingerprint density at radius 3 is 2.12 bits per heavy atom. The molecule has 5 aliphatic rings. The third-order valence-electron chi connectivity index (χ3n) is 6.72. The molecule has 6 rings (SSSR count). The van der Waals surface area contributed by atoms with E-state index in [1.807, 2.05) is 11.8 Å². The molecule has 1 atom stereocenters. The van der Waals surface area contributed by atoms with Crippen molar-refractivity contribution in [3.8, 4) is 0 Å². The van der Waals surface area contributed by atoms with Gasteiger partial charge in [0.1, 0.15) is 10.4 Å². The zero-order chi connectivity index (χ0) is 16.3. The van der Waals surface area contributed by atoms with Gasteiger partial charge in [-0.3, -0.25) is 5.43 Å². The molecule has 4 saturated carbocycles. The molecule has 1 heterocycles. The fraction of sp³-hybridized carbons (Fsp3) is 0.650. The summed E-state index contributed by atoms with van der Waals surface area (Å²) in [6, 6.07) is 8.91. The summed E-state index contributed by atoms with van der Waals surface area (Å²) >= 11 is 1.99. The van der Waals surface area contributed by atoms with Gasteiger partial charge in [-0.25, -0.2) is 0 Å². The number of hydrazone groups is 1. The summed E-state index contributed by atoms with van der Waals surface area (Å²) in [5.74, 6) is 2.95. The highest BCUT2D eigenvalue weighted by Gasteiger charge is 2.54. The minimum Gasteiger partial charge on any atom is -0.378 e. The maximum Gasteiger partial charge on any atom is 0.120 e. The van der Waals surface area contributed by atoms with Crippen LogP contribution in [0.4, 0.5) is 5.69 Å². The van der Waals surface area contributed by atoms with Crippen LogP contribution in [0.15, 0.2) is 29.4 Å². The van der Waals surface area contributed by atoms with Crippen molar-refractivity contribution in [2.75, 3.05) is 19.0 Å². The first-order valence-corrected chi connectivity index (χ1v) is 10.3. The normalized spacial score (nSPS) is 39.7. The Hall–Kier alpha value is -1.16. The largest absolute Gasteiger partial charge is 0.378 e. The van der Waals surface area contributed by atoms with Crippen LogP contribution in [0.25, 0.3) is 0 Å². The van der Waals surface area contributed by atoms with Crippen molar-refractivity contribution >= 4 is 22.5 Å². The number of hydrogen-bond acceptors (Lipinski definition) is 4. The van der Waals surface area contributed by atoms with E-state index in [2.05, 4.69) is 48.7 Å². The number of nitrogens with zero attached hydrogens (tertiary/aromatic N) is 2. The molecule has 1 aliphatic heterocycles. The Kier molecular flexibility index (Phi) is 3.41. The Bertz CT molecular complexity index is 629. The fourth-order valence-electron chi connectivity index (χ4n) is 5.99. The molecule has 0 radical (unpaired) electrons. The van der Waals surface area contributed by atoms with Crippen molar-refractivity contribution in [1.82, 2.24) is 5.43 Å². The lowest BCUT2D eigenvalue weighted by Gasteiger charge is -2.56. The van der Waals surface area contributed by atoms with Gasteiger partial charge in [0.05, 0.1) is 0 Å². The SMILES string of the molecule is CN(C)c1ccc(C2NN=C(C34CC5CC(CC(C5)C3)C4)S2)cc1. The van der Waals surface area contributed by atoms with Crippen LogP contribution in [-0.2, 0) is 0 Å². The van der Waals surface area contributed by atoms with Gasteiger partial charge in [-0.2, -0.15) is 5.10 Å². The van der Waals surface area contributed by atoms with E-state index in [0.29, 0.717) is 10.8 Å². The van der Waals surface area contributed by atoms with E-state index in [1.165, 1.54) is 54.8 Å². The van der Waals surface area contributed by atoms with Crippen LogP contribution in [0.5, 0.6) is 0 Å². The Balaban J connectivity index is 1.33. The Labute approximate surface area is 149 Å². The molecular weight excluding hydrogens is 314 g/mol. The van der Waals surface area contributed by atoms with Crippen molar-refractivity contribution in [2.24, 2.45) is 28.3 Å². The summed E-state index contributed by atoms with van der Waals surface area (Å²) in [6.45, 7) is 0. The van der Waals surface area contributed by atoms with E-state index in [0.717, 1.165) is 17.8 Å². The summed E-state index contributed by atoms with van der Waals surface area (Å²) in [5.41, 5.74) is 6.45. The molecule has 0 saturated heterocycles. The third kappa shape index (κ3) is 2.37. The highest BCUT2D eigenvalue weighted by molar-refractivity contribution is 8.14. The lowest BCUT2D eigenvalue weighted by atomic mass is 9.50. The van der Waals surface area contributed by atoms with Gasteiger partial charge in [-0.05, 0) is 74.0 Å². The minimum atomic E-state index is 0.296. The molecule has 1 aromatic rings. The van der Waals surface area contributed by atoms with Crippen LogP contribution in [0, 0.1) is 23.2 Å². The first-order valence-electron chi connectivity index (χ1n) is 9.39. The summed E-state index contributed by atoms with van der Waals surface area (Å²) in [4.78, 5) is 2.15. The Morgan fingerprint density at radius 2 is 1.58 bits per heavy atom. The predicted octanol–water partition coefficient (Wildman–Crippen LogP) is 4.62. The van der Waals surface area contributed by atoms with E-state index < -0.39 is 0 Å². The molecule has 1 aromatic carbocycles. The second-order valence-electron chi connectivity index (χ2n) is 8.73. The second-order valence-corrected chi connectivity index (χ2v) is 9.82. The topological polar surface area (TPSA) is 27.6 Å². The van der Waals surface area contributed by atoms with Crippen LogP contribution in [0.3, 0.4) is 0 Å². The average Bonchev–Trinajstić information content (AvgIpc) is 3.04. The van der Waals surface area contributed by atoms with Crippen molar-refractivity contribution in [2.45, 2.75) is 43.9 Å². The fourth-order valence-corrected chi connectivity index (χ4v) is 7.21. The van der Waals surface area contributed by atoms with Crippen molar-refractivity contribution < 1.29 is 0 Å². The van der Waals surface area contributed by atoms with Gasteiger partial charge in [-0.15, -0.1) is 0 Å². The predicted molar refractivity (Wildman–Crippen MR) is 102 cm³/mol. The van der Waals surface area contributed by atoms with Crippen molar-refractivity contribution in [3.05, 3.63) is 29.8 Å². The highest BCUT2D eigenvalue weighted by atomic mass is 32.2.